The molecule has 4 heteroatoms. The second-order valence-corrected chi connectivity index (χ2v) is 5.08. The minimum Gasteiger partial charge on any atom is -0.491 e. The molecule has 0 bridgehead atoms. The molecular weight excluding hydrogens is 264 g/mol. The van der Waals surface area contributed by atoms with E-state index in [-0.39, 0.29) is 0 Å². The van der Waals surface area contributed by atoms with Crippen LogP contribution in [0.5, 0.6) is 5.75 Å². The van der Waals surface area contributed by atoms with Gasteiger partial charge in [-0.2, -0.15) is 0 Å². The van der Waals surface area contributed by atoms with Crippen LogP contribution in [0.1, 0.15) is 18.5 Å². The van der Waals surface area contributed by atoms with Gasteiger partial charge < -0.3 is 14.8 Å². The maximum atomic E-state index is 5.89. The van der Waals surface area contributed by atoms with Crippen molar-refractivity contribution < 1.29 is 9.47 Å². The van der Waals surface area contributed by atoms with Crippen molar-refractivity contribution in [2.24, 2.45) is 0 Å². The first-order valence-electron chi connectivity index (χ1n) is 7.50. The van der Waals surface area contributed by atoms with Crippen molar-refractivity contribution in [1.82, 2.24) is 10.3 Å². The molecule has 0 spiro atoms. The van der Waals surface area contributed by atoms with E-state index < -0.39 is 0 Å². The Morgan fingerprint density at radius 3 is 2.81 bits per heavy atom. The summed E-state index contributed by atoms with van der Waals surface area (Å²) < 4.78 is 10.9. The van der Waals surface area contributed by atoms with Crippen LogP contribution in [0.4, 0.5) is 0 Å². The Morgan fingerprint density at radius 2 is 1.95 bits per heavy atom. The third-order valence-electron chi connectivity index (χ3n) is 3.31. The van der Waals surface area contributed by atoms with Crippen LogP contribution in [0.15, 0.2) is 30.3 Å². The Bertz CT molecular complexity index is 557. The highest BCUT2D eigenvalue weighted by atomic mass is 16.5. The summed E-state index contributed by atoms with van der Waals surface area (Å²) in [7, 11) is 1.72. The van der Waals surface area contributed by atoms with Gasteiger partial charge in [-0.3, -0.25) is 0 Å². The Balaban J connectivity index is 1.77. The van der Waals surface area contributed by atoms with Crippen molar-refractivity contribution in [3.63, 3.8) is 0 Å². The van der Waals surface area contributed by atoms with Gasteiger partial charge in [-0.15, -0.1) is 0 Å². The standard InChI is InChI=1S/C17H24N2O2/c1-14-8-9-15-6-5-7-16(17(15)19-14)21-12-4-3-10-18-11-13-20-2/h5-9,18H,3-4,10-13H2,1-2H3. The van der Waals surface area contributed by atoms with Crippen molar-refractivity contribution in [2.45, 2.75) is 19.8 Å². The summed E-state index contributed by atoms with van der Waals surface area (Å²) in [5.74, 6) is 0.878. The fourth-order valence-corrected chi connectivity index (χ4v) is 2.17. The molecule has 0 aliphatic heterocycles. The average Bonchev–Trinajstić information content (AvgIpc) is 2.50. The third kappa shape index (κ3) is 4.99. The summed E-state index contributed by atoms with van der Waals surface area (Å²) in [6, 6.07) is 10.2. The molecule has 0 fully saturated rings. The molecule has 1 aromatic carbocycles. The van der Waals surface area contributed by atoms with Gasteiger partial charge in [0.2, 0.25) is 0 Å². The summed E-state index contributed by atoms with van der Waals surface area (Å²) in [5, 5.41) is 4.45. The lowest BCUT2D eigenvalue weighted by Crippen LogP contribution is -2.20. The topological polar surface area (TPSA) is 43.4 Å². The highest BCUT2D eigenvalue weighted by molar-refractivity contribution is 5.84. The molecule has 1 aromatic heterocycles. The van der Waals surface area contributed by atoms with E-state index in [0.29, 0.717) is 0 Å². The summed E-state index contributed by atoms with van der Waals surface area (Å²) in [6.07, 6.45) is 2.13. The zero-order valence-corrected chi connectivity index (χ0v) is 12.9. The van der Waals surface area contributed by atoms with Crippen LogP contribution in [-0.2, 0) is 4.74 Å². The van der Waals surface area contributed by atoms with Gasteiger partial charge in [-0.1, -0.05) is 18.2 Å². The molecule has 0 saturated heterocycles. The average molecular weight is 288 g/mol. The molecule has 2 aromatic rings. The van der Waals surface area contributed by atoms with Crippen molar-refractivity contribution in [3.05, 3.63) is 36.0 Å². The molecule has 0 unspecified atom stereocenters. The molecule has 21 heavy (non-hydrogen) atoms. The minimum atomic E-state index is 0.723. The van der Waals surface area contributed by atoms with E-state index in [4.69, 9.17) is 9.47 Å². The van der Waals surface area contributed by atoms with Gasteiger partial charge in [-0.25, -0.2) is 4.98 Å². The number of aryl methyl sites for hydroxylation is 1. The number of methoxy groups -OCH3 is 1. The van der Waals surface area contributed by atoms with Crippen molar-refractivity contribution >= 4 is 10.9 Å². The van der Waals surface area contributed by atoms with E-state index in [9.17, 15) is 0 Å². The lowest BCUT2D eigenvalue weighted by atomic mass is 10.2. The molecule has 1 N–H and O–H groups in total. The number of unbranched alkanes of at least 4 members (excludes halogenated alkanes) is 1. The summed E-state index contributed by atoms with van der Waals surface area (Å²) in [5.41, 5.74) is 1.97. The Kier molecular flexibility index (Phi) is 6.44. The molecule has 4 nitrogen and oxygen atoms in total. The Morgan fingerprint density at radius 1 is 1.05 bits per heavy atom. The van der Waals surface area contributed by atoms with Crippen molar-refractivity contribution in [1.29, 1.82) is 0 Å². The van der Waals surface area contributed by atoms with E-state index in [2.05, 4.69) is 22.4 Å². The number of ether oxygens (including phenoxy) is 2. The summed E-state index contributed by atoms with van der Waals surface area (Å²) in [6.45, 7) is 5.39. The van der Waals surface area contributed by atoms with E-state index >= 15 is 0 Å². The van der Waals surface area contributed by atoms with Crippen LogP contribution in [0.3, 0.4) is 0 Å². The van der Waals surface area contributed by atoms with Gasteiger partial charge in [0.05, 0.1) is 13.2 Å². The number of rotatable bonds is 9. The molecule has 0 atom stereocenters. The lowest BCUT2D eigenvalue weighted by Gasteiger charge is -2.09. The zero-order valence-electron chi connectivity index (χ0n) is 12.9. The second kappa shape index (κ2) is 8.60. The maximum Gasteiger partial charge on any atom is 0.145 e. The number of hydrogen-bond donors (Lipinski definition) is 1. The monoisotopic (exact) mass is 288 g/mol. The van der Waals surface area contributed by atoms with Crippen LogP contribution >= 0.6 is 0 Å². The number of pyridine rings is 1. The van der Waals surface area contributed by atoms with Crippen LogP contribution in [0.2, 0.25) is 0 Å². The van der Waals surface area contributed by atoms with E-state index in [1.807, 2.05) is 25.1 Å². The van der Waals surface area contributed by atoms with Crippen LogP contribution < -0.4 is 10.1 Å². The number of aromatic nitrogens is 1. The number of fused-ring (bicyclic) bond motifs is 1. The lowest BCUT2D eigenvalue weighted by molar-refractivity contribution is 0.199. The predicted octanol–water partition coefficient (Wildman–Crippen LogP) is 2.94. The van der Waals surface area contributed by atoms with E-state index in [0.717, 1.165) is 61.5 Å². The van der Waals surface area contributed by atoms with Crippen LogP contribution in [0.25, 0.3) is 10.9 Å². The first-order chi connectivity index (χ1) is 10.3. The largest absolute Gasteiger partial charge is 0.491 e. The highest BCUT2D eigenvalue weighted by Crippen LogP contribution is 2.23. The third-order valence-corrected chi connectivity index (χ3v) is 3.31. The molecule has 1 heterocycles. The predicted molar refractivity (Wildman–Crippen MR) is 86.0 cm³/mol. The van der Waals surface area contributed by atoms with Crippen molar-refractivity contribution in [2.75, 3.05) is 33.4 Å². The van der Waals surface area contributed by atoms with Crippen LogP contribution in [-0.4, -0.2) is 38.4 Å². The SMILES string of the molecule is COCCNCCCCOc1cccc2ccc(C)nc12. The normalized spacial score (nSPS) is 11.0. The van der Waals surface area contributed by atoms with Gasteiger partial charge in [0.1, 0.15) is 11.3 Å². The number of hydrogen-bond acceptors (Lipinski definition) is 4. The molecule has 0 amide bonds. The first kappa shape index (κ1) is 15.7. The Labute approximate surface area is 126 Å². The molecule has 0 aliphatic carbocycles. The van der Waals surface area contributed by atoms with Crippen LogP contribution in [0, 0.1) is 6.92 Å². The zero-order chi connectivity index (χ0) is 14.9. The fourth-order valence-electron chi connectivity index (χ4n) is 2.17. The number of nitrogens with zero attached hydrogens (tertiary/aromatic N) is 1. The molecule has 0 aliphatic rings. The fraction of sp³-hybridized carbons (Fsp3) is 0.471. The van der Waals surface area contributed by atoms with Gasteiger partial charge in [-0.05, 0) is 38.4 Å². The second-order valence-electron chi connectivity index (χ2n) is 5.08. The molecular formula is C17H24N2O2. The highest BCUT2D eigenvalue weighted by Gasteiger charge is 2.03. The molecule has 114 valence electrons. The number of benzene rings is 1. The first-order valence-corrected chi connectivity index (χ1v) is 7.50. The molecule has 0 radical (unpaired) electrons. The number of nitrogens with one attached hydrogen (secondary N) is 1. The van der Waals surface area contributed by atoms with E-state index in [1.54, 1.807) is 7.11 Å². The van der Waals surface area contributed by atoms with Gasteiger partial charge >= 0.3 is 0 Å². The summed E-state index contributed by atoms with van der Waals surface area (Å²) >= 11 is 0. The maximum absolute atomic E-state index is 5.89. The minimum absolute atomic E-state index is 0.723. The van der Waals surface area contributed by atoms with E-state index in [1.165, 1.54) is 0 Å². The van der Waals surface area contributed by atoms with Crippen molar-refractivity contribution in [3.8, 4) is 5.75 Å². The molecule has 0 saturated carbocycles. The van der Waals surface area contributed by atoms with Gasteiger partial charge in [0.15, 0.2) is 0 Å². The smallest absolute Gasteiger partial charge is 0.145 e. The Hall–Kier alpha value is -1.65. The summed E-state index contributed by atoms with van der Waals surface area (Å²) in [4.78, 5) is 4.57. The molecule has 2 rings (SSSR count). The quantitative estimate of drug-likeness (QED) is 0.721. The number of para-hydroxylation sites is 1. The van der Waals surface area contributed by atoms with Gasteiger partial charge in [0, 0.05) is 24.7 Å². The van der Waals surface area contributed by atoms with Gasteiger partial charge in [0.25, 0.3) is 0 Å².